The van der Waals surface area contributed by atoms with E-state index in [2.05, 4.69) is 28.2 Å². The highest BCUT2D eigenvalue weighted by Crippen LogP contribution is 2.29. The third kappa shape index (κ3) is 2.01. The van der Waals surface area contributed by atoms with Crippen LogP contribution in [-0.4, -0.2) is 11.6 Å². The number of nitrogens with one attached hydrogen (secondary N) is 1. The second-order valence-corrected chi connectivity index (χ2v) is 4.23. The first kappa shape index (κ1) is 9.78. The lowest BCUT2D eigenvalue weighted by Gasteiger charge is -2.25. The lowest BCUT2D eigenvalue weighted by molar-refractivity contribution is 0.346. The molecule has 1 saturated carbocycles. The molecule has 0 aromatic carbocycles. The zero-order valence-corrected chi connectivity index (χ0v) is 9.00. The van der Waals surface area contributed by atoms with Gasteiger partial charge in [0.25, 0.3) is 0 Å². The molecule has 0 saturated heterocycles. The van der Waals surface area contributed by atoms with Crippen molar-refractivity contribution in [2.24, 2.45) is 0 Å². The number of rotatable bonds is 3. The van der Waals surface area contributed by atoms with Crippen molar-refractivity contribution in [1.29, 1.82) is 0 Å². The van der Waals surface area contributed by atoms with Crippen molar-refractivity contribution in [3.05, 3.63) is 24.0 Å². The highest BCUT2D eigenvalue weighted by molar-refractivity contribution is 5.08. The van der Waals surface area contributed by atoms with Gasteiger partial charge in [-0.2, -0.15) is 0 Å². The summed E-state index contributed by atoms with van der Waals surface area (Å²) in [6, 6.07) is 5.16. The van der Waals surface area contributed by atoms with E-state index in [-0.39, 0.29) is 0 Å². The van der Waals surface area contributed by atoms with Crippen molar-refractivity contribution in [2.45, 2.75) is 44.7 Å². The van der Waals surface area contributed by atoms with Gasteiger partial charge < -0.3 is 9.88 Å². The average molecular weight is 192 g/mol. The summed E-state index contributed by atoms with van der Waals surface area (Å²) in [5.41, 5.74) is 1.43. The fourth-order valence-corrected chi connectivity index (χ4v) is 2.48. The Morgan fingerprint density at radius 1 is 1.36 bits per heavy atom. The third-order valence-corrected chi connectivity index (χ3v) is 3.19. The van der Waals surface area contributed by atoms with Crippen molar-refractivity contribution in [2.75, 3.05) is 7.05 Å². The Labute approximate surface area is 86.3 Å². The number of hydrogen-bond donors (Lipinski definition) is 1. The van der Waals surface area contributed by atoms with Crippen LogP contribution in [-0.2, 0) is 6.54 Å². The van der Waals surface area contributed by atoms with Gasteiger partial charge in [-0.25, -0.2) is 0 Å². The predicted molar refractivity (Wildman–Crippen MR) is 59.3 cm³/mol. The van der Waals surface area contributed by atoms with Gasteiger partial charge in [-0.3, -0.25) is 0 Å². The van der Waals surface area contributed by atoms with Gasteiger partial charge in [-0.1, -0.05) is 19.3 Å². The van der Waals surface area contributed by atoms with Gasteiger partial charge in [0.05, 0.1) is 0 Å². The highest BCUT2D eigenvalue weighted by Gasteiger charge is 2.16. The van der Waals surface area contributed by atoms with E-state index in [0.717, 1.165) is 12.6 Å². The van der Waals surface area contributed by atoms with Crippen molar-refractivity contribution in [1.82, 2.24) is 9.88 Å². The van der Waals surface area contributed by atoms with E-state index in [4.69, 9.17) is 0 Å². The van der Waals surface area contributed by atoms with Crippen molar-refractivity contribution >= 4 is 0 Å². The van der Waals surface area contributed by atoms with E-state index in [9.17, 15) is 0 Å². The molecule has 2 nitrogen and oxygen atoms in total. The maximum atomic E-state index is 3.23. The van der Waals surface area contributed by atoms with Crippen molar-refractivity contribution < 1.29 is 0 Å². The molecule has 1 aromatic heterocycles. The van der Waals surface area contributed by atoms with E-state index in [1.54, 1.807) is 0 Å². The van der Waals surface area contributed by atoms with E-state index < -0.39 is 0 Å². The third-order valence-electron chi connectivity index (χ3n) is 3.19. The number of nitrogens with zero attached hydrogens (tertiary/aromatic N) is 1. The van der Waals surface area contributed by atoms with Gasteiger partial charge in [0, 0.05) is 24.5 Å². The quantitative estimate of drug-likeness (QED) is 0.779. The maximum Gasteiger partial charge on any atom is 0.0357 e. The molecule has 0 bridgehead atoms. The molecule has 0 unspecified atom stereocenters. The first-order chi connectivity index (χ1) is 6.92. The molecule has 14 heavy (non-hydrogen) atoms. The molecule has 0 atom stereocenters. The zero-order valence-electron chi connectivity index (χ0n) is 9.00. The fraction of sp³-hybridized carbons (Fsp3) is 0.667. The van der Waals surface area contributed by atoms with Gasteiger partial charge in [0.15, 0.2) is 0 Å². The summed E-state index contributed by atoms with van der Waals surface area (Å²) in [5.74, 6) is 0. The summed E-state index contributed by atoms with van der Waals surface area (Å²) in [7, 11) is 2.01. The molecule has 2 rings (SSSR count). The molecule has 1 fully saturated rings. The molecular weight excluding hydrogens is 172 g/mol. The second-order valence-electron chi connectivity index (χ2n) is 4.23. The van der Waals surface area contributed by atoms with Gasteiger partial charge in [-0.15, -0.1) is 0 Å². The molecule has 1 heterocycles. The SMILES string of the molecule is CNCc1cccn1C1CCCCC1. The minimum Gasteiger partial charge on any atom is -0.347 e. The molecule has 0 spiro atoms. The molecule has 0 aliphatic heterocycles. The Balaban J connectivity index is 2.09. The Morgan fingerprint density at radius 3 is 2.86 bits per heavy atom. The first-order valence-corrected chi connectivity index (χ1v) is 5.72. The van der Waals surface area contributed by atoms with E-state index in [1.165, 1.54) is 37.8 Å². The molecule has 0 amide bonds. The van der Waals surface area contributed by atoms with E-state index in [0.29, 0.717) is 0 Å². The molecule has 1 aliphatic carbocycles. The predicted octanol–water partition coefficient (Wildman–Crippen LogP) is 2.71. The molecule has 0 radical (unpaired) electrons. The van der Waals surface area contributed by atoms with Gasteiger partial charge in [-0.05, 0) is 32.0 Å². The normalized spacial score (nSPS) is 18.6. The van der Waals surface area contributed by atoms with Gasteiger partial charge in [0.1, 0.15) is 0 Å². The summed E-state index contributed by atoms with van der Waals surface area (Å²) in [6.07, 6.45) is 9.21. The topological polar surface area (TPSA) is 17.0 Å². The average Bonchev–Trinajstić information content (AvgIpc) is 2.68. The Kier molecular flexibility index (Phi) is 3.25. The van der Waals surface area contributed by atoms with Gasteiger partial charge in [0.2, 0.25) is 0 Å². The second kappa shape index (κ2) is 4.65. The molecular formula is C12H20N2. The van der Waals surface area contributed by atoms with Crippen LogP contribution in [0.2, 0.25) is 0 Å². The molecule has 1 aromatic rings. The van der Waals surface area contributed by atoms with Crippen LogP contribution >= 0.6 is 0 Å². The largest absolute Gasteiger partial charge is 0.347 e. The zero-order chi connectivity index (χ0) is 9.80. The van der Waals surface area contributed by atoms with E-state index >= 15 is 0 Å². The smallest absolute Gasteiger partial charge is 0.0357 e. The Bertz CT molecular complexity index is 272. The van der Waals surface area contributed by atoms with Crippen LogP contribution in [0.4, 0.5) is 0 Å². The van der Waals surface area contributed by atoms with Crippen LogP contribution in [0.3, 0.4) is 0 Å². The first-order valence-electron chi connectivity index (χ1n) is 5.72. The minimum atomic E-state index is 0.766. The highest BCUT2D eigenvalue weighted by atomic mass is 15.0. The molecule has 78 valence electrons. The minimum absolute atomic E-state index is 0.766. The maximum absolute atomic E-state index is 3.23. The fourth-order valence-electron chi connectivity index (χ4n) is 2.48. The molecule has 1 aliphatic rings. The summed E-state index contributed by atoms with van der Waals surface area (Å²) < 4.78 is 2.47. The summed E-state index contributed by atoms with van der Waals surface area (Å²) in [4.78, 5) is 0. The van der Waals surface area contributed by atoms with Crippen molar-refractivity contribution in [3.8, 4) is 0 Å². The lowest BCUT2D eigenvalue weighted by Crippen LogP contribution is -2.17. The van der Waals surface area contributed by atoms with Crippen LogP contribution in [0.25, 0.3) is 0 Å². The molecule has 1 N–H and O–H groups in total. The standard InChI is InChI=1S/C12H20N2/c1-13-10-12-8-5-9-14(12)11-6-3-2-4-7-11/h5,8-9,11,13H,2-4,6-7,10H2,1H3. The van der Waals surface area contributed by atoms with Crippen LogP contribution in [0, 0.1) is 0 Å². The summed E-state index contributed by atoms with van der Waals surface area (Å²) >= 11 is 0. The Hall–Kier alpha value is -0.760. The van der Waals surface area contributed by atoms with Crippen LogP contribution in [0.5, 0.6) is 0 Å². The monoisotopic (exact) mass is 192 g/mol. The molecule has 2 heteroatoms. The van der Waals surface area contributed by atoms with Crippen molar-refractivity contribution in [3.63, 3.8) is 0 Å². The number of aromatic nitrogens is 1. The van der Waals surface area contributed by atoms with Crippen LogP contribution in [0.1, 0.15) is 43.8 Å². The van der Waals surface area contributed by atoms with Gasteiger partial charge >= 0.3 is 0 Å². The summed E-state index contributed by atoms with van der Waals surface area (Å²) in [6.45, 7) is 0.990. The van der Waals surface area contributed by atoms with E-state index in [1.807, 2.05) is 7.05 Å². The van der Waals surface area contributed by atoms with Crippen LogP contribution in [0.15, 0.2) is 18.3 Å². The Morgan fingerprint density at radius 2 is 2.14 bits per heavy atom. The number of hydrogen-bond acceptors (Lipinski definition) is 1. The van der Waals surface area contributed by atoms with Crippen LogP contribution < -0.4 is 5.32 Å². The summed E-state index contributed by atoms with van der Waals surface area (Å²) in [5, 5.41) is 3.23. The lowest BCUT2D eigenvalue weighted by atomic mass is 9.95.